The summed E-state index contributed by atoms with van der Waals surface area (Å²) in [6.07, 6.45) is 1.36. The molecule has 0 atom stereocenters. The van der Waals surface area contributed by atoms with Crippen molar-refractivity contribution in [1.82, 2.24) is 4.98 Å². The monoisotopic (exact) mass is 187 g/mol. The lowest BCUT2D eigenvalue weighted by Crippen LogP contribution is -2.14. The van der Waals surface area contributed by atoms with E-state index in [-0.39, 0.29) is 11.6 Å². The third-order valence-corrected chi connectivity index (χ3v) is 2.13. The molecular weight excluding hydrogens is 178 g/mol. The highest BCUT2D eigenvalue weighted by molar-refractivity contribution is 7.89. The fourth-order valence-electron chi connectivity index (χ4n) is 0.733. The average molecular weight is 187 g/mol. The van der Waals surface area contributed by atoms with Crippen LogP contribution in [-0.4, -0.2) is 13.4 Å². The zero-order valence-corrected chi connectivity index (χ0v) is 7.08. The average Bonchev–Trinajstić information content (AvgIpc) is 2.03. The number of hydrogen-bond donors (Lipinski definition) is 2. The number of nitrogens with two attached hydrogens (primary N) is 2. The van der Waals surface area contributed by atoms with Crippen molar-refractivity contribution in [3.05, 3.63) is 23.9 Å². The molecule has 0 aromatic carbocycles. The molecule has 1 heterocycles. The van der Waals surface area contributed by atoms with Gasteiger partial charge in [-0.05, 0) is 17.7 Å². The first-order valence-electron chi connectivity index (χ1n) is 3.22. The second kappa shape index (κ2) is 3.18. The van der Waals surface area contributed by atoms with Gasteiger partial charge in [0, 0.05) is 12.7 Å². The van der Waals surface area contributed by atoms with Crippen LogP contribution in [0.2, 0.25) is 0 Å². The van der Waals surface area contributed by atoms with Gasteiger partial charge < -0.3 is 5.73 Å². The molecule has 5 nitrogen and oxygen atoms in total. The maximum atomic E-state index is 10.8. The molecule has 0 radical (unpaired) electrons. The SMILES string of the molecule is NCc1ccnc(S(N)(=O)=O)c1. The minimum absolute atomic E-state index is 0.148. The Morgan fingerprint density at radius 2 is 2.17 bits per heavy atom. The van der Waals surface area contributed by atoms with Gasteiger partial charge in [-0.25, -0.2) is 18.5 Å². The minimum atomic E-state index is -3.70. The number of primary sulfonamides is 1. The number of pyridine rings is 1. The Morgan fingerprint density at radius 1 is 1.50 bits per heavy atom. The van der Waals surface area contributed by atoms with E-state index in [1.807, 2.05) is 0 Å². The topological polar surface area (TPSA) is 99.1 Å². The van der Waals surface area contributed by atoms with Crippen molar-refractivity contribution in [2.45, 2.75) is 11.6 Å². The number of nitrogens with zero attached hydrogens (tertiary/aromatic N) is 1. The van der Waals surface area contributed by atoms with E-state index in [9.17, 15) is 8.42 Å². The van der Waals surface area contributed by atoms with Gasteiger partial charge in [0.05, 0.1) is 0 Å². The first kappa shape index (κ1) is 9.11. The van der Waals surface area contributed by atoms with E-state index in [4.69, 9.17) is 10.9 Å². The molecule has 1 aromatic heterocycles. The molecular formula is C6H9N3O2S. The molecule has 0 aliphatic heterocycles. The van der Waals surface area contributed by atoms with Gasteiger partial charge in [-0.3, -0.25) is 0 Å². The van der Waals surface area contributed by atoms with Crippen LogP contribution in [0.5, 0.6) is 0 Å². The third-order valence-electron chi connectivity index (χ3n) is 1.33. The van der Waals surface area contributed by atoms with Gasteiger partial charge in [-0.1, -0.05) is 0 Å². The lowest BCUT2D eigenvalue weighted by atomic mass is 10.3. The van der Waals surface area contributed by atoms with Crippen LogP contribution in [0.1, 0.15) is 5.56 Å². The zero-order valence-electron chi connectivity index (χ0n) is 6.27. The highest BCUT2D eigenvalue weighted by Gasteiger charge is 2.08. The summed E-state index contributed by atoms with van der Waals surface area (Å²) in [5, 5.41) is 4.70. The van der Waals surface area contributed by atoms with E-state index in [1.165, 1.54) is 12.3 Å². The molecule has 1 rings (SSSR count). The predicted octanol–water partition coefficient (Wildman–Crippen LogP) is -0.812. The minimum Gasteiger partial charge on any atom is -0.326 e. The lowest BCUT2D eigenvalue weighted by Gasteiger charge is -1.98. The van der Waals surface area contributed by atoms with Gasteiger partial charge in [-0.15, -0.1) is 0 Å². The predicted molar refractivity (Wildman–Crippen MR) is 43.5 cm³/mol. The van der Waals surface area contributed by atoms with Crippen molar-refractivity contribution in [2.75, 3.05) is 0 Å². The number of aromatic nitrogens is 1. The van der Waals surface area contributed by atoms with Gasteiger partial charge in [0.15, 0.2) is 5.03 Å². The van der Waals surface area contributed by atoms with Crippen LogP contribution in [0.4, 0.5) is 0 Å². The fraction of sp³-hybridized carbons (Fsp3) is 0.167. The van der Waals surface area contributed by atoms with Crippen molar-refractivity contribution >= 4 is 10.0 Å². The second-order valence-electron chi connectivity index (χ2n) is 2.25. The molecule has 66 valence electrons. The standard InChI is InChI=1S/C6H9N3O2S/c7-4-5-1-2-9-6(3-5)12(8,10)11/h1-3H,4,7H2,(H2,8,10,11). The zero-order chi connectivity index (χ0) is 9.19. The molecule has 0 spiro atoms. The Bertz CT molecular complexity index is 374. The summed E-state index contributed by atoms with van der Waals surface area (Å²) in [5.74, 6) is 0. The molecule has 6 heteroatoms. The van der Waals surface area contributed by atoms with Gasteiger partial charge in [0.25, 0.3) is 10.0 Å². The van der Waals surface area contributed by atoms with Crippen LogP contribution in [0.25, 0.3) is 0 Å². The molecule has 0 aliphatic rings. The van der Waals surface area contributed by atoms with E-state index in [2.05, 4.69) is 4.98 Å². The van der Waals surface area contributed by atoms with Gasteiger partial charge >= 0.3 is 0 Å². The van der Waals surface area contributed by atoms with Gasteiger partial charge in [0.2, 0.25) is 0 Å². The Morgan fingerprint density at radius 3 is 2.67 bits per heavy atom. The van der Waals surface area contributed by atoms with E-state index in [0.29, 0.717) is 5.56 Å². The molecule has 0 saturated heterocycles. The molecule has 12 heavy (non-hydrogen) atoms. The third kappa shape index (κ3) is 2.00. The summed E-state index contributed by atoms with van der Waals surface area (Å²) in [6, 6.07) is 2.99. The van der Waals surface area contributed by atoms with Crippen LogP contribution in [0.3, 0.4) is 0 Å². The summed E-state index contributed by atoms with van der Waals surface area (Å²) in [4.78, 5) is 3.59. The van der Waals surface area contributed by atoms with Crippen molar-refractivity contribution in [3.63, 3.8) is 0 Å². The van der Waals surface area contributed by atoms with E-state index < -0.39 is 10.0 Å². The Labute approximate surface area is 70.5 Å². The molecule has 0 saturated carbocycles. The first-order chi connectivity index (χ1) is 5.54. The van der Waals surface area contributed by atoms with Crippen LogP contribution < -0.4 is 10.9 Å². The molecule has 0 unspecified atom stereocenters. The highest BCUT2D eigenvalue weighted by Crippen LogP contribution is 2.04. The number of sulfonamides is 1. The second-order valence-corrected chi connectivity index (χ2v) is 3.76. The van der Waals surface area contributed by atoms with Gasteiger partial charge in [-0.2, -0.15) is 0 Å². The van der Waals surface area contributed by atoms with Crippen LogP contribution in [-0.2, 0) is 16.6 Å². The number of rotatable bonds is 2. The summed E-state index contributed by atoms with van der Waals surface area (Å²) in [7, 11) is -3.70. The fourth-order valence-corrected chi connectivity index (χ4v) is 1.26. The summed E-state index contributed by atoms with van der Waals surface area (Å²) < 4.78 is 21.6. The van der Waals surface area contributed by atoms with Crippen molar-refractivity contribution in [3.8, 4) is 0 Å². The van der Waals surface area contributed by atoms with E-state index in [1.54, 1.807) is 6.07 Å². The number of hydrogen-bond acceptors (Lipinski definition) is 4. The van der Waals surface area contributed by atoms with Crippen molar-refractivity contribution in [1.29, 1.82) is 0 Å². The molecule has 1 aromatic rings. The maximum Gasteiger partial charge on any atom is 0.255 e. The molecule has 0 amide bonds. The largest absolute Gasteiger partial charge is 0.326 e. The van der Waals surface area contributed by atoms with Crippen molar-refractivity contribution in [2.24, 2.45) is 10.9 Å². The van der Waals surface area contributed by atoms with Gasteiger partial charge in [0.1, 0.15) is 0 Å². The van der Waals surface area contributed by atoms with E-state index in [0.717, 1.165) is 0 Å². The Kier molecular flexibility index (Phi) is 2.41. The Balaban J connectivity index is 3.20. The summed E-state index contributed by atoms with van der Waals surface area (Å²) in [5.41, 5.74) is 5.99. The van der Waals surface area contributed by atoms with Crippen LogP contribution in [0.15, 0.2) is 23.4 Å². The summed E-state index contributed by atoms with van der Waals surface area (Å²) >= 11 is 0. The smallest absolute Gasteiger partial charge is 0.255 e. The quantitative estimate of drug-likeness (QED) is 0.632. The summed E-state index contributed by atoms with van der Waals surface area (Å²) in [6.45, 7) is 0.269. The van der Waals surface area contributed by atoms with Crippen molar-refractivity contribution < 1.29 is 8.42 Å². The molecule has 4 N–H and O–H groups in total. The normalized spacial score (nSPS) is 11.5. The Hall–Kier alpha value is -0.980. The molecule has 0 aliphatic carbocycles. The molecule has 0 bridgehead atoms. The lowest BCUT2D eigenvalue weighted by molar-refractivity contribution is 0.594. The maximum absolute atomic E-state index is 10.8. The van der Waals surface area contributed by atoms with Crippen LogP contribution >= 0.6 is 0 Å². The first-order valence-corrected chi connectivity index (χ1v) is 4.76. The highest BCUT2D eigenvalue weighted by atomic mass is 32.2. The van der Waals surface area contributed by atoms with Crippen LogP contribution in [0, 0.1) is 0 Å². The molecule has 0 fully saturated rings. The van der Waals surface area contributed by atoms with E-state index >= 15 is 0 Å².